The number of nitrogens with zero attached hydrogens (tertiary/aromatic N) is 3. The number of fused-ring (bicyclic) bond motifs is 1. The van der Waals surface area contributed by atoms with E-state index >= 15 is 0 Å². The van der Waals surface area contributed by atoms with Gasteiger partial charge in [0.1, 0.15) is 5.69 Å². The maximum absolute atomic E-state index is 4.28. The fourth-order valence-electron chi connectivity index (χ4n) is 2.72. The molecule has 0 saturated heterocycles. The van der Waals surface area contributed by atoms with Gasteiger partial charge in [0.25, 0.3) is 0 Å². The van der Waals surface area contributed by atoms with Gasteiger partial charge in [0.15, 0.2) is 0 Å². The Bertz CT molecular complexity index is 905. The van der Waals surface area contributed by atoms with Crippen molar-refractivity contribution in [3.8, 4) is 11.3 Å². The number of aromatic nitrogens is 3. The van der Waals surface area contributed by atoms with E-state index in [9.17, 15) is 0 Å². The summed E-state index contributed by atoms with van der Waals surface area (Å²) in [5.41, 5.74) is 3.25. The first-order chi connectivity index (χ1) is 10.9. The summed E-state index contributed by atoms with van der Waals surface area (Å²) in [5.74, 6) is 0. The van der Waals surface area contributed by atoms with Gasteiger partial charge in [-0.1, -0.05) is 78.0 Å². The van der Waals surface area contributed by atoms with E-state index in [1.807, 2.05) is 41.2 Å². The smallest absolute Gasteiger partial charge is 0.113 e. The van der Waals surface area contributed by atoms with Gasteiger partial charge in [-0.15, -0.1) is 5.10 Å². The highest BCUT2D eigenvalue weighted by Gasteiger charge is 2.05. The maximum atomic E-state index is 4.28. The van der Waals surface area contributed by atoms with Crippen LogP contribution in [0.2, 0.25) is 0 Å². The van der Waals surface area contributed by atoms with Gasteiger partial charge in [0, 0.05) is 5.56 Å². The van der Waals surface area contributed by atoms with E-state index in [0.717, 1.165) is 17.8 Å². The summed E-state index contributed by atoms with van der Waals surface area (Å²) in [7, 11) is 0. The normalized spacial score (nSPS) is 10.9. The molecule has 0 atom stereocenters. The van der Waals surface area contributed by atoms with E-state index < -0.39 is 0 Å². The average Bonchev–Trinajstić information content (AvgIpc) is 3.05. The Morgan fingerprint density at radius 3 is 2.45 bits per heavy atom. The minimum Gasteiger partial charge on any atom is -0.247 e. The largest absolute Gasteiger partial charge is 0.247 e. The summed E-state index contributed by atoms with van der Waals surface area (Å²) in [6, 6.07) is 24.9. The minimum atomic E-state index is 0.723. The molecule has 0 aliphatic heterocycles. The molecule has 0 N–H and O–H groups in total. The fourth-order valence-corrected chi connectivity index (χ4v) is 2.72. The Hall–Kier alpha value is -2.94. The maximum Gasteiger partial charge on any atom is 0.113 e. The van der Waals surface area contributed by atoms with Crippen LogP contribution in [0.15, 0.2) is 79.0 Å². The van der Waals surface area contributed by atoms with Gasteiger partial charge in [-0.25, -0.2) is 4.68 Å². The molecule has 0 aliphatic carbocycles. The second kappa shape index (κ2) is 5.45. The zero-order valence-corrected chi connectivity index (χ0v) is 12.1. The first-order valence-electron chi connectivity index (χ1n) is 7.32. The molecule has 1 aromatic heterocycles. The molecule has 0 bridgehead atoms. The Morgan fingerprint density at radius 2 is 1.55 bits per heavy atom. The lowest BCUT2D eigenvalue weighted by Gasteiger charge is -2.05. The van der Waals surface area contributed by atoms with Crippen molar-refractivity contribution in [3.63, 3.8) is 0 Å². The van der Waals surface area contributed by atoms with Gasteiger partial charge in [-0.3, -0.25) is 0 Å². The molecule has 0 amide bonds. The quantitative estimate of drug-likeness (QED) is 0.566. The lowest BCUT2D eigenvalue weighted by molar-refractivity contribution is 0.652. The Labute approximate surface area is 128 Å². The monoisotopic (exact) mass is 285 g/mol. The zero-order chi connectivity index (χ0) is 14.8. The molecule has 0 aliphatic rings. The van der Waals surface area contributed by atoms with Crippen LogP contribution < -0.4 is 0 Å². The summed E-state index contributed by atoms with van der Waals surface area (Å²) in [6.45, 7) is 0.723. The van der Waals surface area contributed by atoms with E-state index in [-0.39, 0.29) is 0 Å². The van der Waals surface area contributed by atoms with Crippen molar-refractivity contribution >= 4 is 10.8 Å². The molecule has 22 heavy (non-hydrogen) atoms. The molecule has 4 aromatic rings. The molecular formula is C19H15N3. The van der Waals surface area contributed by atoms with Crippen LogP contribution in [0.5, 0.6) is 0 Å². The lowest BCUT2D eigenvalue weighted by Crippen LogP contribution is -2.01. The lowest BCUT2D eigenvalue weighted by atomic mass is 10.0. The van der Waals surface area contributed by atoms with Crippen molar-refractivity contribution in [1.29, 1.82) is 0 Å². The van der Waals surface area contributed by atoms with Gasteiger partial charge in [0.2, 0.25) is 0 Å². The molecule has 1 heterocycles. The van der Waals surface area contributed by atoms with Crippen molar-refractivity contribution in [2.75, 3.05) is 0 Å². The average molecular weight is 285 g/mol. The molecule has 0 saturated carbocycles. The standard InChI is InChI=1S/C19H15N3/c1-2-8-16(9-3-1)19-14-22(21-20-19)13-17-11-6-10-15-7-4-5-12-18(15)17/h1-12,14H,13H2. The second-order valence-corrected chi connectivity index (χ2v) is 5.31. The summed E-state index contributed by atoms with van der Waals surface area (Å²) in [6.07, 6.45) is 2.00. The topological polar surface area (TPSA) is 30.7 Å². The van der Waals surface area contributed by atoms with Gasteiger partial charge >= 0.3 is 0 Å². The molecule has 4 rings (SSSR count). The van der Waals surface area contributed by atoms with Gasteiger partial charge in [-0.05, 0) is 16.3 Å². The number of hydrogen-bond acceptors (Lipinski definition) is 2. The molecule has 3 heteroatoms. The van der Waals surface area contributed by atoms with Crippen LogP contribution in [-0.4, -0.2) is 15.0 Å². The highest BCUT2D eigenvalue weighted by atomic mass is 15.4. The predicted molar refractivity (Wildman–Crippen MR) is 88.5 cm³/mol. The highest BCUT2D eigenvalue weighted by molar-refractivity contribution is 5.85. The first-order valence-corrected chi connectivity index (χ1v) is 7.32. The molecule has 0 unspecified atom stereocenters. The zero-order valence-electron chi connectivity index (χ0n) is 12.1. The SMILES string of the molecule is c1ccc(-c2cn(Cc3cccc4ccccc34)nn2)cc1. The molecule has 0 radical (unpaired) electrons. The first kappa shape index (κ1) is 12.8. The van der Waals surface area contributed by atoms with E-state index in [4.69, 9.17) is 0 Å². The van der Waals surface area contributed by atoms with Crippen LogP contribution >= 0.6 is 0 Å². The van der Waals surface area contributed by atoms with Crippen molar-refractivity contribution in [2.45, 2.75) is 6.54 Å². The number of rotatable bonds is 3. The van der Waals surface area contributed by atoms with Crippen LogP contribution in [0.25, 0.3) is 22.0 Å². The van der Waals surface area contributed by atoms with Crippen LogP contribution in [0.4, 0.5) is 0 Å². The number of hydrogen-bond donors (Lipinski definition) is 0. The van der Waals surface area contributed by atoms with Crippen LogP contribution in [-0.2, 0) is 6.54 Å². The van der Waals surface area contributed by atoms with Crippen molar-refractivity contribution in [3.05, 3.63) is 84.6 Å². The van der Waals surface area contributed by atoms with Crippen molar-refractivity contribution in [2.24, 2.45) is 0 Å². The van der Waals surface area contributed by atoms with Gasteiger partial charge in [-0.2, -0.15) is 0 Å². The van der Waals surface area contributed by atoms with Crippen LogP contribution in [0.1, 0.15) is 5.56 Å². The molecule has 3 aromatic carbocycles. The van der Waals surface area contributed by atoms with E-state index in [1.165, 1.54) is 16.3 Å². The third-order valence-electron chi connectivity index (χ3n) is 3.82. The third-order valence-corrected chi connectivity index (χ3v) is 3.82. The Morgan fingerprint density at radius 1 is 0.773 bits per heavy atom. The highest BCUT2D eigenvalue weighted by Crippen LogP contribution is 2.20. The van der Waals surface area contributed by atoms with Crippen molar-refractivity contribution in [1.82, 2.24) is 15.0 Å². The Balaban J connectivity index is 1.68. The van der Waals surface area contributed by atoms with Crippen molar-refractivity contribution < 1.29 is 0 Å². The summed E-state index contributed by atoms with van der Waals surface area (Å²) >= 11 is 0. The van der Waals surface area contributed by atoms with E-state index in [1.54, 1.807) is 0 Å². The summed E-state index contributed by atoms with van der Waals surface area (Å²) in [4.78, 5) is 0. The molecular weight excluding hydrogens is 270 g/mol. The molecule has 3 nitrogen and oxygen atoms in total. The number of benzene rings is 3. The van der Waals surface area contributed by atoms with E-state index in [2.05, 4.69) is 52.8 Å². The third kappa shape index (κ3) is 2.37. The van der Waals surface area contributed by atoms with E-state index in [0.29, 0.717) is 0 Å². The minimum absolute atomic E-state index is 0.723. The molecule has 106 valence electrons. The Kier molecular flexibility index (Phi) is 3.16. The summed E-state index contributed by atoms with van der Waals surface area (Å²) in [5, 5.41) is 11.1. The fraction of sp³-hybridized carbons (Fsp3) is 0.0526. The molecule has 0 spiro atoms. The van der Waals surface area contributed by atoms with Crippen LogP contribution in [0, 0.1) is 0 Å². The summed E-state index contributed by atoms with van der Waals surface area (Å²) < 4.78 is 1.89. The van der Waals surface area contributed by atoms with Crippen LogP contribution in [0.3, 0.4) is 0 Å². The second-order valence-electron chi connectivity index (χ2n) is 5.31. The molecule has 0 fully saturated rings. The predicted octanol–water partition coefficient (Wildman–Crippen LogP) is 4.15. The van der Waals surface area contributed by atoms with Gasteiger partial charge in [0.05, 0.1) is 12.7 Å². The van der Waals surface area contributed by atoms with Gasteiger partial charge < -0.3 is 0 Å².